The number of Topliss-reactive ketones (excluding diaryl/α,β-unsaturated/α-hetero) is 1. The topological polar surface area (TPSA) is 17.1 Å². The second-order valence-electron chi connectivity index (χ2n) is 7.44. The molecule has 0 aromatic rings. The van der Waals surface area contributed by atoms with Gasteiger partial charge in [0.1, 0.15) is 0 Å². The molecule has 0 aromatic carbocycles. The van der Waals surface area contributed by atoms with E-state index in [-0.39, 0.29) is 0 Å². The summed E-state index contributed by atoms with van der Waals surface area (Å²) in [6.45, 7) is 6.91. The summed E-state index contributed by atoms with van der Waals surface area (Å²) in [5, 5.41) is 0. The zero-order valence-corrected chi connectivity index (χ0v) is 15.9. The number of carbonyl (C=O) groups is 1. The van der Waals surface area contributed by atoms with Crippen LogP contribution >= 0.6 is 7.26 Å². The molecule has 2 heteroatoms. The Morgan fingerprint density at radius 2 is 1.29 bits per heavy atom. The van der Waals surface area contributed by atoms with E-state index >= 15 is 0 Å². The monoisotopic (exact) mass is 314 g/mol. The second-order valence-corrected chi connectivity index (χ2v) is 12.3. The van der Waals surface area contributed by atoms with Gasteiger partial charge >= 0.3 is 133 Å². The Kier molecular flexibility index (Phi) is 9.81. The van der Waals surface area contributed by atoms with Crippen molar-refractivity contribution in [2.45, 2.75) is 85.0 Å². The van der Waals surface area contributed by atoms with Crippen LogP contribution in [-0.2, 0) is 4.79 Å². The number of hydrogen-bond donors (Lipinski definition) is 0. The van der Waals surface area contributed by atoms with Crippen molar-refractivity contribution in [3.05, 3.63) is 0 Å². The number of rotatable bonds is 12. The molecule has 0 aliphatic heterocycles. The number of unbranched alkanes of at least 4 members (excludes halogenated alkanes) is 3. The van der Waals surface area contributed by atoms with E-state index in [1.807, 2.05) is 0 Å². The number of hydrogen-bond acceptors (Lipinski definition) is 1. The van der Waals surface area contributed by atoms with Gasteiger partial charge in [0.05, 0.1) is 0 Å². The third-order valence-corrected chi connectivity index (χ3v) is 10.9. The molecule has 0 spiro atoms. The van der Waals surface area contributed by atoms with Gasteiger partial charge in [-0.3, -0.25) is 0 Å². The van der Waals surface area contributed by atoms with Crippen LogP contribution in [0, 0.1) is 5.92 Å². The van der Waals surface area contributed by atoms with Crippen molar-refractivity contribution < 1.29 is 4.79 Å². The third-order valence-electron chi connectivity index (χ3n) is 5.54. The van der Waals surface area contributed by atoms with Crippen molar-refractivity contribution in [3.8, 4) is 0 Å². The first kappa shape index (κ1) is 19.1. The van der Waals surface area contributed by atoms with Gasteiger partial charge in [-0.2, -0.15) is 0 Å². The maximum absolute atomic E-state index is 12.8. The minimum atomic E-state index is -1.34. The molecule has 1 aliphatic carbocycles. The van der Waals surface area contributed by atoms with Crippen molar-refractivity contribution in [1.82, 2.24) is 0 Å². The molecule has 0 bridgehead atoms. The normalized spacial score (nSPS) is 17.3. The molecule has 0 saturated heterocycles. The van der Waals surface area contributed by atoms with Gasteiger partial charge < -0.3 is 0 Å². The molecule has 0 aromatic heterocycles. The Bertz CT molecular complexity index is 260. The second kappa shape index (κ2) is 10.8. The molecule has 1 fully saturated rings. The van der Waals surface area contributed by atoms with Gasteiger partial charge in [0, 0.05) is 0 Å². The fraction of sp³-hybridized carbons (Fsp3) is 0.947. The maximum atomic E-state index is 12.8. The van der Waals surface area contributed by atoms with E-state index in [4.69, 9.17) is 0 Å². The predicted molar refractivity (Wildman–Crippen MR) is 99.5 cm³/mol. The van der Waals surface area contributed by atoms with Gasteiger partial charge in [0.15, 0.2) is 0 Å². The van der Waals surface area contributed by atoms with Crippen LogP contribution in [0.5, 0.6) is 0 Å². The number of ketones is 1. The zero-order chi connectivity index (χ0) is 15.6. The van der Waals surface area contributed by atoms with Crippen LogP contribution in [0.4, 0.5) is 0 Å². The van der Waals surface area contributed by atoms with Crippen molar-refractivity contribution in [2.75, 3.05) is 24.6 Å². The molecule has 1 aliphatic rings. The molecule has 0 heterocycles. The van der Waals surface area contributed by atoms with Gasteiger partial charge in [-0.25, -0.2) is 0 Å². The minimum absolute atomic E-state index is 0.446. The van der Waals surface area contributed by atoms with E-state index in [1.165, 1.54) is 82.7 Å². The summed E-state index contributed by atoms with van der Waals surface area (Å²) in [6.07, 6.45) is 18.2. The van der Waals surface area contributed by atoms with Gasteiger partial charge in [0.2, 0.25) is 0 Å². The van der Waals surface area contributed by atoms with Crippen LogP contribution in [0.1, 0.15) is 85.0 Å². The average molecular weight is 314 g/mol. The van der Waals surface area contributed by atoms with Gasteiger partial charge in [0.25, 0.3) is 0 Å². The first-order chi connectivity index (χ1) is 10.2. The van der Waals surface area contributed by atoms with Crippen molar-refractivity contribution in [1.29, 1.82) is 0 Å². The summed E-state index contributed by atoms with van der Waals surface area (Å²) in [4.78, 5) is 12.8. The Labute approximate surface area is 134 Å². The Morgan fingerprint density at radius 3 is 1.67 bits per heavy atom. The predicted octanol–water partition coefficient (Wildman–Crippen LogP) is 5.90. The summed E-state index contributed by atoms with van der Waals surface area (Å²) < 4.78 is 0. The van der Waals surface area contributed by atoms with Gasteiger partial charge in [-0.05, 0) is 0 Å². The van der Waals surface area contributed by atoms with Crippen molar-refractivity contribution in [3.63, 3.8) is 0 Å². The average Bonchev–Trinajstić information content (AvgIpc) is 3.03. The van der Waals surface area contributed by atoms with Crippen LogP contribution < -0.4 is 0 Å². The quantitative estimate of drug-likeness (QED) is 0.410. The Morgan fingerprint density at radius 1 is 0.857 bits per heavy atom. The summed E-state index contributed by atoms with van der Waals surface area (Å²) in [5.41, 5.74) is 0. The molecule has 1 rings (SSSR count). The van der Waals surface area contributed by atoms with E-state index in [1.54, 1.807) is 0 Å². The van der Waals surface area contributed by atoms with Crippen molar-refractivity contribution >= 4 is 13.0 Å². The fourth-order valence-corrected chi connectivity index (χ4v) is 9.68. The summed E-state index contributed by atoms with van der Waals surface area (Å²) >= 11 is 0. The molecule has 0 N–H and O–H groups in total. The van der Waals surface area contributed by atoms with E-state index in [2.05, 4.69) is 20.8 Å². The Hall–Kier alpha value is 0.100. The molecule has 0 amide bonds. The van der Waals surface area contributed by atoms with Crippen LogP contribution in [0.2, 0.25) is 0 Å². The molecule has 1 saturated carbocycles. The van der Waals surface area contributed by atoms with Gasteiger partial charge in [-0.1, -0.05) is 0 Å². The van der Waals surface area contributed by atoms with Crippen LogP contribution in [0.15, 0.2) is 0 Å². The van der Waals surface area contributed by atoms with Gasteiger partial charge in [-0.15, -0.1) is 0 Å². The first-order valence-corrected chi connectivity index (χ1v) is 12.5. The summed E-state index contributed by atoms with van der Waals surface area (Å²) in [7, 11) is -1.34. The SMILES string of the molecule is CCCC[PH](CCCC)(CCCC)CC(=O)C1CCCC1. The van der Waals surface area contributed by atoms with E-state index in [0.717, 1.165) is 6.16 Å². The number of carbonyl (C=O) groups excluding carboxylic acids is 1. The fourth-order valence-electron chi connectivity index (χ4n) is 4.06. The van der Waals surface area contributed by atoms with Crippen molar-refractivity contribution in [2.24, 2.45) is 5.92 Å². The summed E-state index contributed by atoms with van der Waals surface area (Å²) in [5.74, 6) is 1.12. The molecule has 126 valence electrons. The van der Waals surface area contributed by atoms with E-state index in [0.29, 0.717) is 11.7 Å². The third kappa shape index (κ3) is 6.81. The molecular weight excluding hydrogens is 275 g/mol. The molecule has 0 radical (unpaired) electrons. The Balaban J connectivity index is 2.70. The van der Waals surface area contributed by atoms with E-state index < -0.39 is 7.26 Å². The first-order valence-electron chi connectivity index (χ1n) is 9.70. The van der Waals surface area contributed by atoms with Crippen LogP contribution in [0.3, 0.4) is 0 Å². The standard InChI is InChI=1S/C19H39OP/c1-4-7-14-21(15-8-5-2,16-9-6-3)17-19(20)18-12-10-11-13-18/h18,21H,4-17H2,1-3H3. The molecule has 0 unspecified atom stereocenters. The van der Waals surface area contributed by atoms with Crippen LogP contribution in [-0.4, -0.2) is 30.4 Å². The van der Waals surface area contributed by atoms with E-state index in [9.17, 15) is 4.79 Å². The summed E-state index contributed by atoms with van der Waals surface area (Å²) in [6, 6.07) is 0. The molecule has 1 nitrogen and oxygen atoms in total. The zero-order valence-electron chi connectivity index (χ0n) is 14.9. The molecular formula is C19H39OP. The molecule has 21 heavy (non-hydrogen) atoms. The van der Waals surface area contributed by atoms with Crippen LogP contribution in [0.25, 0.3) is 0 Å². The molecule has 0 atom stereocenters.